The second-order valence-corrected chi connectivity index (χ2v) is 10.8. The van der Waals surface area contributed by atoms with Crippen LogP contribution in [-0.4, -0.2) is 22.8 Å². The quantitative estimate of drug-likeness (QED) is 0.137. The first-order valence-corrected chi connectivity index (χ1v) is 13.9. The average molecular weight is 543 g/mol. The molecule has 0 amide bonds. The highest BCUT2D eigenvalue weighted by molar-refractivity contribution is 5.90. The molecule has 0 spiro atoms. The Morgan fingerprint density at radius 1 is 1.00 bits per heavy atom. The van der Waals surface area contributed by atoms with Crippen molar-refractivity contribution in [2.24, 2.45) is 5.10 Å². The van der Waals surface area contributed by atoms with Crippen LogP contribution in [-0.2, 0) is 18.4 Å². The van der Waals surface area contributed by atoms with E-state index in [9.17, 15) is 5.11 Å². The van der Waals surface area contributed by atoms with E-state index in [4.69, 9.17) is 0 Å². The van der Waals surface area contributed by atoms with Crippen LogP contribution in [0.1, 0.15) is 42.2 Å². The highest BCUT2D eigenvalue weighted by atomic mass is 16.3. The van der Waals surface area contributed by atoms with E-state index >= 15 is 0 Å². The summed E-state index contributed by atoms with van der Waals surface area (Å²) in [5.74, 6) is 0. The summed E-state index contributed by atoms with van der Waals surface area (Å²) in [6, 6.07) is 26.9. The zero-order valence-corrected chi connectivity index (χ0v) is 23.5. The summed E-state index contributed by atoms with van der Waals surface area (Å²) in [6.45, 7) is 5.90. The molecule has 0 saturated carbocycles. The van der Waals surface area contributed by atoms with E-state index < -0.39 is 6.10 Å². The molecular weight excluding hydrogens is 506 g/mol. The maximum Gasteiger partial charge on any atom is 0.0988 e. The molecule has 0 radical (unpaired) electrons. The fourth-order valence-electron chi connectivity index (χ4n) is 4.85. The van der Waals surface area contributed by atoms with Gasteiger partial charge in [0.05, 0.1) is 23.9 Å². The minimum absolute atomic E-state index is 0.0387. The maximum atomic E-state index is 10.7. The number of anilines is 1. The van der Waals surface area contributed by atoms with Crippen LogP contribution in [0.5, 0.6) is 0 Å². The van der Waals surface area contributed by atoms with Crippen molar-refractivity contribution in [3.05, 3.63) is 149 Å². The average Bonchev–Trinajstić information content (AvgIpc) is 3.00. The lowest BCUT2D eigenvalue weighted by atomic mass is 9.79. The van der Waals surface area contributed by atoms with Crippen LogP contribution in [0.25, 0.3) is 16.2 Å². The number of hydrogen-bond acceptors (Lipinski definition) is 5. The smallest absolute Gasteiger partial charge is 0.0988 e. The summed E-state index contributed by atoms with van der Waals surface area (Å²) in [4.78, 5) is 4.46. The van der Waals surface area contributed by atoms with Gasteiger partial charge in [-0.2, -0.15) is 5.10 Å². The minimum Gasteiger partial charge on any atom is -0.680 e. The van der Waals surface area contributed by atoms with Gasteiger partial charge >= 0.3 is 0 Å². The van der Waals surface area contributed by atoms with Crippen molar-refractivity contribution < 1.29 is 5.11 Å². The van der Waals surface area contributed by atoms with E-state index in [-0.39, 0.29) is 5.41 Å². The number of para-hydroxylation sites is 1. The summed E-state index contributed by atoms with van der Waals surface area (Å²) in [7, 11) is 0. The van der Waals surface area contributed by atoms with Crippen molar-refractivity contribution in [2.45, 2.75) is 38.3 Å². The monoisotopic (exact) mass is 542 g/mol. The molecule has 1 unspecified atom stereocenters. The molecule has 0 bridgehead atoms. The van der Waals surface area contributed by atoms with Gasteiger partial charge in [-0.15, -0.1) is 18.3 Å². The Bertz CT molecular complexity index is 1560. The molecule has 0 fully saturated rings. The number of allylic oxidation sites excluding steroid dienone is 3. The molecule has 3 aromatic carbocycles. The van der Waals surface area contributed by atoms with Crippen molar-refractivity contribution in [3.8, 4) is 0 Å². The number of nitrogens with one attached hydrogen (secondary N) is 2. The fraction of sp³-hybridized carbons (Fsp3) is 0.200. The molecule has 6 nitrogen and oxygen atoms in total. The molecule has 5 rings (SSSR count). The molecule has 41 heavy (non-hydrogen) atoms. The third kappa shape index (κ3) is 7.50. The number of hydrogen-bond donors (Lipinski definition) is 3. The van der Waals surface area contributed by atoms with E-state index in [1.807, 2.05) is 60.7 Å². The zero-order chi connectivity index (χ0) is 28.5. The van der Waals surface area contributed by atoms with E-state index in [0.29, 0.717) is 13.1 Å². The molecule has 2 heterocycles. The first kappa shape index (κ1) is 27.9. The van der Waals surface area contributed by atoms with Crippen LogP contribution >= 0.6 is 0 Å². The maximum absolute atomic E-state index is 10.7. The number of benzene rings is 3. The minimum atomic E-state index is -0.705. The van der Waals surface area contributed by atoms with Crippen molar-refractivity contribution in [2.75, 3.05) is 11.9 Å². The molecule has 0 aliphatic carbocycles. The van der Waals surface area contributed by atoms with Gasteiger partial charge in [-0.25, -0.2) is 0 Å². The number of rotatable bonds is 11. The molecule has 1 atom stereocenters. The van der Waals surface area contributed by atoms with Gasteiger partial charge in [0.15, 0.2) is 0 Å². The summed E-state index contributed by atoms with van der Waals surface area (Å²) < 4.78 is 0. The topological polar surface area (TPSA) is 83.6 Å². The van der Waals surface area contributed by atoms with E-state index in [2.05, 4.69) is 76.4 Å². The fourth-order valence-corrected chi connectivity index (χ4v) is 4.85. The number of fused-ring (bicyclic) bond motifs is 1. The normalized spacial score (nSPS) is 14.3. The molecule has 1 aromatic heterocycles. The number of aliphatic hydroxyl groups is 1. The molecule has 208 valence electrons. The number of aliphatic hydroxyl groups excluding tert-OH is 1. The van der Waals surface area contributed by atoms with E-state index in [0.717, 1.165) is 34.3 Å². The Kier molecular flexibility index (Phi) is 8.92. The number of aromatic nitrogens is 1. The Balaban J connectivity index is 1.13. The van der Waals surface area contributed by atoms with Gasteiger partial charge in [0.1, 0.15) is 0 Å². The largest absolute Gasteiger partial charge is 0.680 e. The number of nitrogens with zero attached hydrogens (tertiary/aromatic N) is 3. The lowest BCUT2D eigenvalue weighted by molar-refractivity contribution is 0.228. The standard InChI is InChI=1S/C35H36N5O/c1-35(2,30-17-13-27(14-18-30)24-39-40-25-31-9-3-4-20-36-31)23-26-11-15-28(16-12-26)33(41)19-22-37-32-10-5-7-29-8-6-21-38-34(29)32/h3-19,21-22,25,33,37,39,41H,20,23-24H2,1-2H3/q-1/b22-19+,40-25+. The summed E-state index contributed by atoms with van der Waals surface area (Å²) in [6.07, 6.45) is 13.2. The first-order valence-electron chi connectivity index (χ1n) is 13.9. The molecule has 6 heteroatoms. The van der Waals surface area contributed by atoms with Gasteiger partial charge in [-0.3, -0.25) is 4.98 Å². The lowest BCUT2D eigenvalue weighted by Crippen LogP contribution is -2.20. The summed E-state index contributed by atoms with van der Waals surface area (Å²) in [5, 5.41) is 23.7. The second kappa shape index (κ2) is 13.1. The van der Waals surface area contributed by atoms with E-state index in [1.54, 1.807) is 24.7 Å². The van der Waals surface area contributed by atoms with Gasteiger partial charge in [0, 0.05) is 17.8 Å². The molecular formula is C35H36N5O-. The second-order valence-electron chi connectivity index (χ2n) is 10.8. The Morgan fingerprint density at radius 2 is 1.78 bits per heavy atom. The summed E-state index contributed by atoms with van der Waals surface area (Å²) >= 11 is 0. The molecule has 1 aliphatic heterocycles. The number of hydrazone groups is 1. The first-order chi connectivity index (χ1) is 20.0. The van der Waals surface area contributed by atoms with Gasteiger partial charge in [0.25, 0.3) is 0 Å². The summed E-state index contributed by atoms with van der Waals surface area (Å²) in [5.41, 5.74) is 10.3. The van der Waals surface area contributed by atoms with Gasteiger partial charge in [0.2, 0.25) is 0 Å². The SMILES string of the molecule is CC(C)(Cc1ccc(C(O)/C=C/Nc2cccc3cccnc23)cc1)c1ccc(CN/N=C/C2=CC=CC[N-]2)cc1. The van der Waals surface area contributed by atoms with Gasteiger partial charge < -0.3 is 21.2 Å². The molecule has 4 aromatic rings. The predicted octanol–water partition coefficient (Wildman–Crippen LogP) is 7.32. The third-order valence-corrected chi connectivity index (χ3v) is 7.21. The highest BCUT2D eigenvalue weighted by Crippen LogP contribution is 2.29. The van der Waals surface area contributed by atoms with Crippen LogP contribution in [0.3, 0.4) is 0 Å². The number of pyridine rings is 1. The zero-order valence-electron chi connectivity index (χ0n) is 23.5. The van der Waals surface area contributed by atoms with Crippen LogP contribution in [0, 0.1) is 0 Å². The van der Waals surface area contributed by atoms with Crippen LogP contribution in [0.2, 0.25) is 0 Å². The molecule has 1 aliphatic rings. The third-order valence-electron chi connectivity index (χ3n) is 7.21. The molecule has 0 saturated heterocycles. The predicted molar refractivity (Wildman–Crippen MR) is 170 cm³/mol. The van der Waals surface area contributed by atoms with Crippen molar-refractivity contribution >= 4 is 22.8 Å². The molecule has 3 N–H and O–H groups in total. The van der Waals surface area contributed by atoms with Crippen LogP contribution in [0.15, 0.2) is 126 Å². The van der Waals surface area contributed by atoms with Crippen LogP contribution in [0.4, 0.5) is 5.69 Å². The van der Waals surface area contributed by atoms with Gasteiger partial charge in [-0.1, -0.05) is 92.7 Å². The Morgan fingerprint density at radius 3 is 2.56 bits per heavy atom. The van der Waals surface area contributed by atoms with Gasteiger partial charge in [-0.05, 0) is 58.5 Å². The Labute approximate surface area is 242 Å². The highest BCUT2D eigenvalue weighted by Gasteiger charge is 2.21. The Hall–Kier alpha value is -4.68. The lowest BCUT2D eigenvalue weighted by Gasteiger charge is -2.26. The van der Waals surface area contributed by atoms with Crippen LogP contribution < -0.4 is 10.7 Å². The van der Waals surface area contributed by atoms with E-state index in [1.165, 1.54) is 16.7 Å². The van der Waals surface area contributed by atoms with Crippen molar-refractivity contribution in [3.63, 3.8) is 0 Å². The van der Waals surface area contributed by atoms with Crippen molar-refractivity contribution in [1.82, 2.24) is 10.4 Å². The van der Waals surface area contributed by atoms with Crippen molar-refractivity contribution in [1.29, 1.82) is 0 Å².